The molecule has 1 saturated carbocycles. The summed E-state index contributed by atoms with van der Waals surface area (Å²) >= 11 is 0. The third-order valence-electron chi connectivity index (χ3n) is 3.73. The summed E-state index contributed by atoms with van der Waals surface area (Å²) in [6.07, 6.45) is 3.73. The molecule has 0 aromatic heterocycles. The van der Waals surface area contributed by atoms with Crippen LogP contribution in [0.1, 0.15) is 45.6 Å². The molecule has 2 rings (SSSR count). The van der Waals surface area contributed by atoms with E-state index in [0.29, 0.717) is 18.6 Å². The second-order valence-electron chi connectivity index (χ2n) is 5.66. The van der Waals surface area contributed by atoms with Gasteiger partial charge in [-0.3, -0.25) is 0 Å². The van der Waals surface area contributed by atoms with E-state index < -0.39 is 0 Å². The molecule has 0 heterocycles. The van der Waals surface area contributed by atoms with Gasteiger partial charge in [-0.15, -0.1) is 0 Å². The van der Waals surface area contributed by atoms with Crippen LogP contribution in [0, 0.1) is 5.92 Å². The smallest absolute Gasteiger partial charge is 0.165 e. The van der Waals surface area contributed by atoms with Gasteiger partial charge < -0.3 is 14.8 Å². The van der Waals surface area contributed by atoms with Gasteiger partial charge in [-0.05, 0) is 31.7 Å². The third-order valence-corrected chi connectivity index (χ3v) is 3.73. The van der Waals surface area contributed by atoms with E-state index in [1.807, 2.05) is 19.1 Å². The summed E-state index contributed by atoms with van der Waals surface area (Å²) in [6, 6.07) is 6.87. The van der Waals surface area contributed by atoms with Gasteiger partial charge in [-0.1, -0.05) is 32.4 Å². The molecule has 1 aliphatic carbocycles. The van der Waals surface area contributed by atoms with Crippen LogP contribution in [0.15, 0.2) is 18.2 Å². The molecule has 0 spiro atoms. The lowest BCUT2D eigenvalue weighted by Gasteiger charge is -2.18. The van der Waals surface area contributed by atoms with Gasteiger partial charge in [0.1, 0.15) is 0 Å². The van der Waals surface area contributed by atoms with Crippen molar-refractivity contribution >= 4 is 0 Å². The first kappa shape index (κ1) is 15.2. The summed E-state index contributed by atoms with van der Waals surface area (Å²) in [5.74, 6) is 2.35. The minimum absolute atomic E-state index is 0.564. The monoisotopic (exact) mass is 277 g/mol. The molecule has 3 nitrogen and oxygen atoms in total. The maximum absolute atomic E-state index is 6.06. The van der Waals surface area contributed by atoms with Gasteiger partial charge in [0.25, 0.3) is 0 Å². The molecule has 3 heteroatoms. The van der Waals surface area contributed by atoms with Crippen LogP contribution in [0.25, 0.3) is 0 Å². The molecule has 0 amide bonds. The number of hydrogen-bond acceptors (Lipinski definition) is 3. The highest BCUT2D eigenvalue weighted by Crippen LogP contribution is 2.32. The summed E-state index contributed by atoms with van der Waals surface area (Å²) in [6.45, 7) is 8.69. The van der Waals surface area contributed by atoms with E-state index in [2.05, 4.69) is 25.2 Å². The minimum atomic E-state index is 0.564. The molecule has 1 aromatic carbocycles. The van der Waals surface area contributed by atoms with Crippen LogP contribution in [0.4, 0.5) is 0 Å². The average molecular weight is 277 g/mol. The van der Waals surface area contributed by atoms with E-state index in [1.165, 1.54) is 18.4 Å². The summed E-state index contributed by atoms with van der Waals surface area (Å²) in [4.78, 5) is 0. The van der Waals surface area contributed by atoms with Crippen LogP contribution < -0.4 is 14.8 Å². The summed E-state index contributed by atoms with van der Waals surface area (Å²) < 4.78 is 11.8. The quantitative estimate of drug-likeness (QED) is 0.745. The van der Waals surface area contributed by atoms with Gasteiger partial charge in [0, 0.05) is 18.2 Å². The summed E-state index contributed by atoms with van der Waals surface area (Å²) in [7, 11) is 0. The van der Waals surface area contributed by atoms with Crippen molar-refractivity contribution in [2.45, 2.75) is 52.6 Å². The molecule has 1 atom stereocenters. The molecule has 1 aromatic rings. The predicted molar refractivity (Wildman–Crippen MR) is 82.4 cm³/mol. The van der Waals surface area contributed by atoms with Crippen LogP contribution in [0.3, 0.4) is 0 Å². The summed E-state index contributed by atoms with van der Waals surface area (Å²) in [5.41, 5.74) is 1.20. The predicted octanol–water partition coefficient (Wildman–Crippen LogP) is 3.76. The first-order valence-electron chi connectivity index (χ1n) is 7.85. The highest BCUT2D eigenvalue weighted by Gasteiger charge is 2.21. The Morgan fingerprint density at radius 3 is 2.70 bits per heavy atom. The standard InChI is InChI=1S/C17H27NO2/c1-4-13(3)12-20-17-14(11-18-15-9-10-15)7-6-8-16(17)19-5-2/h6-8,13,15,18H,4-5,9-12H2,1-3H3. The van der Waals surface area contributed by atoms with Crippen molar-refractivity contribution in [3.8, 4) is 11.5 Å². The molecule has 20 heavy (non-hydrogen) atoms. The van der Waals surface area contributed by atoms with Crippen molar-refractivity contribution in [2.24, 2.45) is 5.92 Å². The Labute approximate surface area is 122 Å². The van der Waals surface area contributed by atoms with Gasteiger partial charge in [-0.25, -0.2) is 0 Å². The molecule has 0 bridgehead atoms. The van der Waals surface area contributed by atoms with E-state index in [1.54, 1.807) is 0 Å². The van der Waals surface area contributed by atoms with Crippen molar-refractivity contribution in [3.63, 3.8) is 0 Å². The normalized spacial score (nSPS) is 15.9. The Hall–Kier alpha value is -1.22. The Morgan fingerprint density at radius 1 is 1.25 bits per heavy atom. The largest absolute Gasteiger partial charge is 0.490 e. The highest BCUT2D eigenvalue weighted by atomic mass is 16.5. The highest BCUT2D eigenvalue weighted by molar-refractivity contribution is 5.46. The van der Waals surface area contributed by atoms with Gasteiger partial charge in [0.2, 0.25) is 0 Å². The lowest BCUT2D eigenvalue weighted by molar-refractivity contribution is 0.235. The Balaban J connectivity index is 2.07. The van der Waals surface area contributed by atoms with Gasteiger partial charge in [0.15, 0.2) is 11.5 Å². The molecule has 112 valence electrons. The fourth-order valence-corrected chi connectivity index (χ4v) is 2.02. The first-order valence-corrected chi connectivity index (χ1v) is 7.85. The number of ether oxygens (including phenoxy) is 2. The van der Waals surface area contributed by atoms with Crippen LogP contribution in [-0.2, 0) is 6.54 Å². The van der Waals surface area contributed by atoms with Gasteiger partial charge in [0.05, 0.1) is 13.2 Å². The topological polar surface area (TPSA) is 30.5 Å². The van der Waals surface area contributed by atoms with E-state index in [-0.39, 0.29) is 0 Å². The van der Waals surface area contributed by atoms with E-state index in [9.17, 15) is 0 Å². The molecule has 0 radical (unpaired) electrons. The van der Waals surface area contributed by atoms with E-state index >= 15 is 0 Å². The van der Waals surface area contributed by atoms with Crippen molar-refractivity contribution in [2.75, 3.05) is 13.2 Å². The van der Waals surface area contributed by atoms with Crippen LogP contribution in [0.5, 0.6) is 11.5 Å². The molecule has 0 aliphatic heterocycles. The number of hydrogen-bond donors (Lipinski definition) is 1. The second-order valence-corrected chi connectivity index (χ2v) is 5.66. The van der Waals surface area contributed by atoms with Crippen LogP contribution in [0.2, 0.25) is 0 Å². The minimum Gasteiger partial charge on any atom is -0.490 e. The molecule has 1 aliphatic rings. The Morgan fingerprint density at radius 2 is 2.05 bits per heavy atom. The molecule has 1 fully saturated rings. The third kappa shape index (κ3) is 4.41. The fourth-order valence-electron chi connectivity index (χ4n) is 2.02. The number of para-hydroxylation sites is 1. The molecule has 1 unspecified atom stereocenters. The van der Waals surface area contributed by atoms with Gasteiger partial charge >= 0.3 is 0 Å². The second kappa shape index (κ2) is 7.53. The number of rotatable bonds is 9. The molecule has 0 saturated heterocycles. The van der Waals surface area contributed by atoms with Gasteiger partial charge in [-0.2, -0.15) is 0 Å². The summed E-state index contributed by atoms with van der Waals surface area (Å²) in [5, 5.41) is 3.55. The van der Waals surface area contributed by atoms with E-state index in [4.69, 9.17) is 9.47 Å². The molecule has 1 N–H and O–H groups in total. The molecular formula is C17H27NO2. The van der Waals surface area contributed by atoms with Crippen molar-refractivity contribution in [3.05, 3.63) is 23.8 Å². The van der Waals surface area contributed by atoms with E-state index in [0.717, 1.165) is 31.1 Å². The first-order chi connectivity index (χ1) is 9.74. The fraction of sp³-hybridized carbons (Fsp3) is 0.647. The zero-order valence-corrected chi connectivity index (χ0v) is 12.9. The number of benzene rings is 1. The maximum Gasteiger partial charge on any atom is 0.165 e. The molecular weight excluding hydrogens is 250 g/mol. The Bertz CT molecular complexity index is 415. The Kier molecular flexibility index (Phi) is 5.72. The van der Waals surface area contributed by atoms with Crippen LogP contribution >= 0.6 is 0 Å². The van der Waals surface area contributed by atoms with Crippen molar-refractivity contribution in [1.29, 1.82) is 0 Å². The zero-order valence-electron chi connectivity index (χ0n) is 12.9. The number of nitrogens with one attached hydrogen (secondary N) is 1. The zero-order chi connectivity index (χ0) is 14.4. The lowest BCUT2D eigenvalue weighted by atomic mass is 10.1. The SMILES string of the molecule is CCOc1cccc(CNC2CC2)c1OCC(C)CC. The van der Waals surface area contributed by atoms with Crippen molar-refractivity contribution in [1.82, 2.24) is 5.32 Å². The lowest BCUT2D eigenvalue weighted by Crippen LogP contribution is -2.17. The average Bonchev–Trinajstić information content (AvgIpc) is 3.28. The van der Waals surface area contributed by atoms with Crippen LogP contribution in [-0.4, -0.2) is 19.3 Å². The maximum atomic E-state index is 6.06. The van der Waals surface area contributed by atoms with Crippen molar-refractivity contribution < 1.29 is 9.47 Å².